The van der Waals surface area contributed by atoms with Gasteiger partial charge in [-0.3, -0.25) is 10.2 Å². The number of carboxylic acids is 1. The van der Waals surface area contributed by atoms with Gasteiger partial charge in [0.2, 0.25) is 5.91 Å². The van der Waals surface area contributed by atoms with Crippen LogP contribution in [0.3, 0.4) is 0 Å². The summed E-state index contributed by atoms with van der Waals surface area (Å²) in [6, 6.07) is 20.1. The molecule has 0 saturated carbocycles. The van der Waals surface area contributed by atoms with Gasteiger partial charge < -0.3 is 30.5 Å². The molecule has 1 heterocycles. The fourth-order valence-corrected chi connectivity index (χ4v) is 4.37. The predicted molar refractivity (Wildman–Crippen MR) is 140 cm³/mol. The topological polar surface area (TPSA) is 138 Å². The summed E-state index contributed by atoms with van der Waals surface area (Å²) in [5, 5.41) is 20.5. The first-order valence-corrected chi connectivity index (χ1v) is 12.0. The summed E-state index contributed by atoms with van der Waals surface area (Å²) in [7, 11) is 1.53. The van der Waals surface area contributed by atoms with Gasteiger partial charge in [-0.2, -0.15) is 0 Å². The van der Waals surface area contributed by atoms with E-state index in [-0.39, 0.29) is 11.7 Å². The van der Waals surface area contributed by atoms with E-state index >= 15 is 0 Å². The average molecular weight is 503 g/mol. The molecule has 9 heteroatoms. The number of nitrogen functional groups attached to an aromatic ring is 1. The van der Waals surface area contributed by atoms with Gasteiger partial charge in [0.1, 0.15) is 24.5 Å². The number of methoxy groups -OCH3 is 1. The van der Waals surface area contributed by atoms with Crippen LogP contribution >= 0.6 is 0 Å². The van der Waals surface area contributed by atoms with E-state index in [4.69, 9.17) is 20.6 Å². The minimum absolute atomic E-state index is 0.0589. The second kappa shape index (κ2) is 11.5. The molecule has 0 aromatic heterocycles. The van der Waals surface area contributed by atoms with Crippen molar-refractivity contribution in [2.24, 2.45) is 5.73 Å². The van der Waals surface area contributed by atoms with Gasteiger partial charge in [0.15, 0.2) is 11.5 Å². The molecule has 9 nitrogen and oxygen atoms in total. The van der Waals surface area contributed by atoms with Crippen LogP contribution in [0.1, 0.15) is 35.6 Å². The molecular formula is C28H30N4O5. The SMILES string of the molecule is COc1cc(C(Nc2ccc(C(=N)N)cc2)C(=O)N2CCCC2C(=O)O)ccc1OCc1ccccc1. The van der Waals surface area contributed by atoms with Crippen molar-refractivity contribution in [1.82, 2.24) is 4.90 Å². The minimum Gasteiger partial charge on any atom is -0.493 e. The van der Waals surface area contributed by atoms with Crippen molar-refractivity contribution in [2.45, 2.75) is 31.5 Å². The van der Waals surface area contributed by atoms with Gasteiger partial charge in [-0.05, 0) is 60.4 Å². The van der Waals surface area contributed by atoms with Crippen molar-refractivity contribution < 1.29 is 24.2 Å². The number of carboxylic acid groups (broad SMARTS) is 1. The van der Waals surface area contributed by atoms with Crippen LogP contribution in [0.5, 0.6) is 11.5 Å². The number of nitrogens with one attached hydrogen (secondary N) is 2. The van der Waals surface area contributed by atoms with Crippen LogP contribution in [0.15, 0.2) is 72.8 Å². The number of benzene rings is 3. The lowest BCUT2D eigenvalue weighted by molar-refractivity contribution is -0.148. The van der Waals surface area contributed by atoms with Gasteiger partial charge in [-0.1, -0.05) is 36.4 Å². The molecule has 1 aliphatic heterocycles. The quantitative estimate of drug-likeness (QED) is 0.244. The highest BCUT2D eigenvalue weighted by Gasteiger charge is 2.38. The van der Waals surface area contributed by atoms with Gasteiger partial charge in [0, 0.05) is 17.8 Å². The molecule has 1 amide bonds. The number of rotatable bonds is 10. The molecule has 192 valence electrons. The molecule has 0 radical (unpaired) electrons. The molecule has 1 fully saturated rings. The molecule has 2 atom stereocenters. The van der Waals surface area contributed by atoms with Gasteiger partial charge >= 0.3 is 5.97 Å². The number of hydrogen-bond acceptors (Lipinski definition) is 6. The standard InChI is InChI=1S/C28H30N4O5/c1-36-24-16-20(11-14-23(24)37-17-18-6-3-2-4-7-18)25(27(33)32-15-5-8-22(32)28(34)35)31-21-12-9-19(10-13-21)26(29)30/h2-4,6-7,9-14,16,22,25,31H,5,8,15,17H2,1H3,(H3,29,30)(H,34,35). The van der Waals surface area contributed by atoms with Crippen LogP contribution in [0, 0.1) is 5.41 Å². The van der Waals surface area contributed by atoms with Crippen LogP contribution in [-0.4, -0.2) is 47.4 Å². The highest BCUT2D eigenvalue weighted by molar-refractivity contribution is 5.95. The number of amidine groups is 1. The maximum Gasteiger partial charge on any atom is 0.326 e. The average Bonchev–Trinajstić information content (AvgIpc) is 3.41. The molecule has 3 aromatic carbocycles. The van der Waals surface area contributed by atoms with Gasteiger partial charge in [-0.25, -0.2) is 4.79 Å². The van der Waals surface area contributed by atoms with E-state index in [1.165, 1.54) is 12.0 Å². The molecule has 0 aliphatic carbocycles. The minimum atomic E-state index is -1.02. The van der Waals surface area contributed by atoms with Crippen molar-refractivity contribution in [3.05, 3.63) is 89.5 Å². The molecule has 1 aliphatic rings. The molecule has 0 bridgehead atoms. The molecule has 37 heavy (non-hydrogen) atoms. The first-order valence-electron chi connectivity index (χ1n) is 12.0. The third-order valence-corrected chi connectivity index (χ3v) is 6.33. The normalized spacial score (nSPS) is 15.6. The fraction of sp³-hybridized carbons (Fsp3) is 0.250. The Morgan fingerprint density at radius 2 is 1.84 bits per heavy atom. The van der Waals surface area contributed by atoms with E-state index in [9.17, 15) is 14.7 Å². The van der Waals surface area contributed by atoms with Crippen LogP contribution < -0.4 is 20.5 Å². The summed E-state index contributed by atoms with van der Waals surface area (Å²) >= 11 is 0. The zero-order valence-electron chi connectivity index (χ0n) is 20.5. The zero-order chi connectivity index (χ0) is 26.4. The maximum atomic E-state index is 13.7. The number of ether oxygens (including phenoxy) is 2. The number of anilines is 1. The smallest absolute Gasteiger partial charge is 0.326 e. The Bertz CT molecular complexity index is 1260. The van der Waals surface area contributed by atoms with E-state index in [2.05, 4.69) is 5.32 Å². The first kappa shape index (κ1) is 25.6. The highest BCUT2D eigenvalue weighted by Crippen LogP contribution is 2.34. The number of amides is 1. The number of nitrogens with zero attached hydrogens (tertiary/aromatic N) is 1. The Kier molecular flexibility index (Phi) is 7.92. The second-order valence-electron chi connectivity index (χ2n) is 8.78. The third-order valence-electron chi connectivity index (χ3n) is 6.33. The number of carbonyl (C=O) groups excluding carboxylic acids is 1. The predicted octanol–water partition coefficient (Wildman–Crippen LogP) is 3.79. The first-order chi connectivity index (χ1) is 17.9. The molecular weight excluding hydrogens is 472 g/mol. The van der Waals surface area contributed by atoms with Crippen molar-refractivity contribution >= 4 is 23.4 Å². The van der Waals surface area contributed by atoms with Gasteiger partial charge in [-0.15, -0.1) is 0 Å². The highest BCUT2D eigenvalue weighted by atomic mass is 16.5. The molecule has 2 unspecified atom stereocenters. The number of aliphatic carboxylic acids is 1. The number of nitrogens with two attached hydrogens (primary N) is 1. The number of hydrogen-bond donors (Lipinski definition) is 4. The summed E-state index contributed by atoms with van der Waals surface area (Å²) in [5.41, 5.74) is 8.34. The lowest BCUT2D eigenvalue weighted by Gasteiger charge is -2.28. The zero-order valence-corrected chi connectivity index (χ0v) is 20.5. The Balaban J connectivity index is 1.64. The molecule has 1 saturated heterocycles. The molecule has 5 N–H and O–H groups in total. The summed E-state index contributed by atoms with van der Waals surface area (Å²) in [4.78, 5) is 26.9. The molecule has 3 aromatic rings. The Morgan fingerprint density at radius 1 is 1.11 bits per heavy atom. The third kappa shape index (κ3) is 6.00. The van der Waals surface area contributed by atoms with E-state index < -0.39 is 18.1 Å². The van der Waals surface area contributed by atoms with Crippen LogP contribution in [0.25, 0.3) is 0 Å². The Labute approximate surface area is 215 Å². The lowest BCUT2D eigenvalue weighted by atomic mass is 10.0. The summed E-state index contributed by atoms with van der Waals surface area (Å²) < 4.78 is 11.5. The molecule has 0 spiro atoms. The molecule has 4 rings (SSSR count). The fourth-order valence-electron chi connectivity index (χ4n) is 4.37. The Hall–Kier alpha value is -4.53. The van der Waals surface area contributed by atoms with Gasteiger partial charge in [0.05, 0.1) is 7.11 Å². The van der Waals surface area contributed by atoms with E-state index in [0.29, 0.717) is 54.3 Å². The van der Waals surface area contributed by atoms with Crippen molar-refractivity contribution in [3.63, 3.8) is 0 Å². The number of likely N-dealkylation sites (tertiary alicyclic amines) is 1. The maximum absolute atomic E-state index is 13.7. The monoisotopic (exact) mass is 502 g/mol. The van der Waals surface area contributed by atoms with Crippen LogP contribution in [0.2, 0.25) is 0 Å². The summed E-state index contributed by atoms with van der Waals surface area (Å²) in [6.45, 7) is 0.723. The summed E-state index contributed by atoms with van der Waals surface area (Å²) in [6.07, 6.45) is 1.04. The Morgan fingerprint density at radius 3 is 2.49 bits per heavy atom. The van der Waals surface area contributed by atoms with Crippen molar-refractivity contribution in [2.75, 3.05) is 19.0 Å². The lowest BCUT2D eigenvalue weighted by Crippen LogP contribution is -2.44. The van der Waals surface area contributed by atoms with E-state index in [1.807, 2.05) is 30.3 Å². The van der Waals surface area contributed by atoms with Gasteiger partial charge in [0.25, 0.3) is 0 Å². The van der Waals surface area contributed by atoms with Crippen LogP contribution in [-0.2, 0) is 16.2 Å². The van der Waals surface area contributed by atoms with E-state index in [1.54, 1.807) is 42.5 Å². The van der Waals surface area contributed by atoms with Crippen molar-refractivity contribution in [1.29, 1.82) is 5.41 Å². The van der Waals surface area contributed by atoms with Crippen molar-refractivity contribution in [3.8, 4) is 11.5 Å². The number of carbonyl (C=O) groups is 2. The van der Waals surface area contributed by atoms with E-state index in [0.717, 1.165) is 5.56 Å². The van der Waals surface area contributed by atoms with Crippen LogP contribution in [0.4, 0.5) is 5.69 Å². The second-order valence-corrected chi connectivity index (χ2v) is 8.78. The summed E-state index contributed by atoms with van der Waals surface area (Å²) in [5.74, 6) is -0.442. The largest absolute Gasteiger partial charge is 0.493 e.